The van der Waals surface area contributed by atoms with Crippen LogP contribution in [0.3, 0.4) is 0 Å². The van der Waals surface area contributed by atoms with Crippen molar-refractivity contribution in [2.75, 3.05) is 20.9 Å². The number of urea groups is 2. The minimum Gasteiger partial charge on any atom is -0.315 e. The van der Waals surface area contributed by atoms with E-state index in [-0.39, 0.29) is 14.7 Å². The smallest absolute Gasteiger partial charge is 0.315 e. The predicted molar refractivity (Wildman–Crippen MR) is 49.8 cm³/mol. The van der Waals surface area contributed by atoms with Crippen LogP contribution >= 0.6 is 0 Å². The summed E-state index contributed by atoms with van der Waals surface area (Å²) >= 11 is 0. The number of nitrogens with zero attached hydrogens (tertiary/aromatic N) is 3. The summed E-state index contributed by atoms with van der Waals surface area (Å²) in [5.74, 6) is -1.50. The van der Waals surface area contributed by atoms with Gasteiger partial charge >= 0.3 is 12.1 Å². The van der Waals surface area contributed by atoms with Crippen LogP contribution in [0.5, 0.6) is 0 Å². The first-order valence-electron chi connectivity index (χ1n) is 8.35. The van der Waals surface area contributed by atoms with E-state index in [1.807, 2.05) is 5.32 Å². The lowest BCUT2D eigenvalue weighted by atomic mass is 10.1. The maximum Gasteiger partial charge on any atom is 0.327 e. The van der Waals surface area contributed by atoms with E-state index in [9.17, 15) is 14.4 Å². The second-order valence-electron chi connectivity index (χ2n) is 3.04. The molecule has 2 unspecified atom stereocenters. The summed E-state index contributed by atoms with van der Waals surface area (Å²) in [6.45, 7) is -9.72. The lowest BCUT2D eigenvalue weighted by Gasteiger charge is -2.38. The second-order valence-corrected chi connectivity index (χ2v) is 3.04. The average Bonchev–Trinajstić information content (AvgIpc) is 2.61. The molecule has 0 aromatic rings. The van der Waals surface area contributed by atoms with E-state index in [2.05, 4.69) is 0 Å². The normalized spacial score (nSPS) is 42.3. The van der Waals surface area contributed by atoms with Crippen molar-refractivity contribution < 1.29 is 26.7 Å². The summed E-state index contributed by atoms with van der Waals surface area (Å²) in [6, 6.07) is -5.00. The number of nitrogens with one attached hydrogen (secondary N) is 1. The van der Waals surface area contributed by atoms with Gasteiger partial charge in [0.25, 0.3) is 5.91 Å². The van der Waals surface area contributed by atoms with Crippen LogP contribution in [-0.4, -0.2) is 65.8 Å². The van der Waals surface area contributed by atoms with Crippen molar-refractivity contribution in [3.8, 4) is 0 Å². The SMILES string of the molecule is [2H]C([2H])([2H])N1C(=O)C2C(NC(=O)N2C([2H])([2H])[2H])N(C([2H])([2H])[2H])C1=O. The quantitative estimate of drug-likeness (QED) is 0.562. The maximum absolute atomic E-state index is 12.4. The summed E-state index contributed by atoms with van der Waals surface area (Å²) in [7, 11) is 0. The number of carbonyl (C=O) groups excluding carboxylic acids is 3. The number of carbonyl (C=O) groups is 3. The molecule has 2 saturated heterocycles. The highest BCUT2D eigenvalue weighted by molar-refractivity contribution is 6.03. The van der Waals surface area contributed by atoms with Gasteiger partial charge in [-0.3, -0.25) is 9.69 Å². The molecule has 0 spiro atoms. The first-order chi connectivity index (χ1) is 10.6. The molecule has 2 aliphatic rings. The zero-order chi connectivity index (χ0) is 18.8. The Kier molecular flexibility index (Phi) is 0.694. The van der Waals surface area contributed by atoms with Gasteiger partial charge in [-0.1, -0.05) is 0 Å². The molecule has 15 heavy (non-hydrogen) atoms. The van der Waals surface area contributed by atoms with Crippen molar-refractivity contribution in [3.63, 3.8) is 0 Å². The van der Waals surface area contributed by atoms with Gasteiger partial charge < -0.3 is 15.1 Å². The van der Waals surface area contributed by atoms with E-state index in [1.165, 1.54) is 0 Å². The van der Waals surface area contributed by atoms with Gasteiger partial charge in [0, 0.05) is 33.3 Å². The number of hydrogen-bond donors (Lipinski definition) is 1. The number of likely N-dealkylation sites (N-methyl/N-ethyl adjacent to an activating group) is 3. The van der Waals surface area contributed by atoms with Crippen LogP contribution in [0.15, 0.2) is 0 Å². The summed E-state index contributed by atoms with van der Waals surface area (Å²) in [5, 5.41) is 1.94. The zero-order valence-corrected chi connectivity index (χ0v) is 7.22. The van der Waals surface area contributed by atoms with Crippen molar-refractivity contribution in [2.24, 2.45) is 0 Å². The van der Waals surface area contributed by atoms with Crippen molar-refractivity contribution >= 4 is 18.0 Å². The van der Waals surface area contributed by atoms with Crippen LogP contribution in [0.25, 0.3) is 0 Å². The molecule has 0 aromatic carbocycles. The minimum atomic E-state index is -3.35. The second kappa shape index (κ2) is 2.85. The van der Waals surface area contributed by atoms with Gasteiger partial charge in [0.2, 0.25) is 0 Å². The fraction of sp³-hybridized carbons (Fsp3) is 0.625. The topological polar surface area (TPSA) is 73.0 Å². The molecule has 2 aliphatic heterocycles. The number of rotatable bonds is 0. The van der Waals surface area contributed by atoms with Gasteiger partial charge in [0.1, 0.15) is 6.17 Å². The minimum absolute atomic E-state index is 0.00900. The summed E-state index contributed by atoms with van der Waals surface area (Å²) < 4.78 is 65.8. The molecule has 2 rings (SSSR count). The molecule has 0 bridgehead atoms. The molecule has 1 N–H and O–H groups in total. The molecule has 5 amide bonds. The Labute approximate surface area is 99.2 Å². The molecule has 2 atom stereocenters. The Morgan fingerprint density at radius 2 is 1.93 bits per heavy atom. The lowest BCUT2D eigenvalue weighted by molar-refractivity contribution is -0.135. The molecule has 0 aromatic heterocycles. The van der Waals surface area contributed by atoms with E-state index in [4.69, 9.17) is 12.3 Å². The van der Waals surface area contributed by atoms with Crippen LogP contribution in [0.4, 0.5) is 9.59 Å². The van der Waals surface area contributed by atoms with Crippen LogP contribution in [-0.2, 0) is 4.79 Å². The Hall–Kier alpha value is -1.79. The number of fused-ring (bicyclic) bond motifs is 1. The average molecular weight is 221 g/mol. The first kappa shape index (κ1) is 3.66. The maximum atomic E-state index is 12.4. The van der Waals surface area contributed by atoms with Crippen molar-refractivity contribution in [1.29, 1.82) is 0 Å². The molecular weight excluding hydrogens is 200 g/mol. The van der Waals surface area contributed by atoms with Crippen molar-refractivity contribution in [1.82, 2.24) is 20.0 Å². The third-order valence-electron chi connectivity index (χ3n) is 2.22. The molecule has 0 saturated carbocycles. The van der Waals surface area contributed by atoms with E-state index < -0.39 is 51.1 Å². The van der Waals surface area contributed by atoms with Crippen molar-refractivity contribution in [3.05, 3.63) is 0 Å². The Balaban J connectivity index is 2.63. The van der Waals surface area contributed by atoms with Crippen LogP contribution in [0.1, 0.15) is 12.3 Å². The molecule has 7 heteroatoms. The van der Waals surface area contributed by atoms with E-state index >= 15 is 0 Å². The summed E-state index contributed by atoms with van der Waals surface area (Å²) in [6.07, 6.45) is -1.83. The zero-order valence-electron chi connectivity index (χ0n) is 16.2. The predicted octanol–water partition coefficient (Wildman–Crippen LogP) is -1.14. The third kappa shape index (κ3) is 1.09. The van der Waals surface area contributed by atoms with Gasteiger partial charge in [-0.2, -0.15) is 0 Å². The van der Waals surface area contributed by atoms with E-state index in [0.717, 1.165) is 0 Å². The van der Waals surface area contributed by atoms with Crippen molar-refractivity contribution in [2.45, 2.75) is 12.2 Å². The summed E-state index contributed by atoms with van der Waals surface area (Å²) in [4.78, 5) is 36.3. The molecule has 7 nitrogen and oxygen atoms in total. The van der Waals surface area contributed by atoms with E-state index in [0.29, 0.717) is 0 Å². The van der Waals surface area contributed by atoms with Gasteiger partial charge in [-0.05, 0) is 0 Å². The van der Waals surface area contributed by atoms with E-state index in [1.54, 1.807) is 0 Å². The van der Waals surface area contributed by atoms with Crippen LogP contribution in [0, 0.1) is 0 Å². The fourth-order valence-electron chi connectivity index (χ4n) is 1.45. The Morgan fingerprint density at radius 1 is 1.20 bits per heavy atom. The molecule has 2 heterocycles. The van der Waals surface area contributed by atoms with Crippen LogP contribution < -0.4 is 5.32 Å². The highest BCUT2D eigenvalue weighted by Crippen LogP contribution is 2.21. The Morgan fingerprint density at radius 3 is 2.53 bits per heavy atom. The lowest BCUT2D eigenvalue weighted by Crippen LogP contribution is -2.64. The number of amides is 5. The molecule has 82 valence electrons. The molecule has 0 aliphatic carbocycles. The molecule has 0 radical (unpaired) electrons. The number of hydrogen-bond acceptors (Lipinski definition) is 3. The molecular formula is C8H12N4O3. The van der Waals surface area contributed by atoms with Gasteiger partial charge in [0.15, 0.2) is 6.04 Å². The van der Waals surface area contributed by atoms with Crippen LogP contribution in [0.2, 0.25) is 0 Å². The molecule has 2 fully saturated rings. The van der Waals surface area contributed by atoms with Gasteiger partial charge in [0.05, 0.1) is 0 Å². The highest BCUT2D eigenvalue weighted by Gasteiger charge is 2.51. The monoisotopic (exact) mass is 221 g/mol. The van der Waals surface area contributed by atoms with Gasteiger partial charge in [-0.15, -0.1) is 0 Å². The third-order valence-corrected chi connectivity index (χ3v) is 2.22. The first-order valence-corrected chi connectivity index (χ1v) is 3.85. The van der Waals surface area contributed by atoms with Gasteiger partial charge in [-0.25, -0.2) is 9.59 Å². The highest BCUT2D eigenvalue weighted by atomic mass is 16.2. The largest absolute Gasteiger partial charge is 0.327 e. The number of imide groups is 1. The Bertz CT molecular complexity index is 597. The standard InChI is InChI=1S/C8H12N4O3/c1-10-4-5(9-7(10)14)11(2)8(15)12(3)6(4)13/h4-5H,1-3H3,(H,9,14)/i1D3,2D3,3D3. The fourth-order valence-corrected chi connectivity index (χ4v) is 1.45. The summed E-state index contributed by atoms with van der Waals surface area (Å²) in [5.41, 5.74) is 0.